The highest BCUT2D eigenvalue weighted by atomic mass is 16.2. The van der Waals surface area contributed by atoms with Gasteiger partial charge in [0, 0.05) is 18.8 Å². The van der Waals surface area contributed by atoms with Gasteiger partial charge in [0.15, 0.2) is 0 Å². The third-order valence-corrected chi connectivity index (χ3v) is 3.23. The lowest BCUT2D eigenvalue weighted by Crippen LogP contribution is -2.33. The van der Waals surface area contributed by atoms with Crippen LogP contribution in [0.15, 0.2) is 24.3 Å². The molecular formula is C14H21N3O. The Morgan fingerprint density at radius 1 is 1.39 bits per heavy atom. The van der Waals surface area contributed by atoms with E-state index in [0.29, 0.717) is 6.54 Å². The van der Waals surface area contributed by atoms with E-state index in [1.807, 2.05) is 18.2 Å². The van der Waals surface area contributed by atoms with Gasteiger partial charge in [-0.15, -0.1) is 0 Å². The molecule has 1 aliphatic rings. The molecule has 98 valence electrons. The van der Waals surface area contributed by atoms with Crippen LogP contribution in [0.3, 0.4) is 0 Å². The van der Waals surface area contributed by atoms with E-state index in [2.05, 4.69) is 16.3 Å². The molecule has 0 bridgehead atoms. The van der Waals surface area contributed by atoms with Gasteiger partial charge in [-0.25, -0.2) is 0 Å². The van der Waals surface area contributed by atoms with E-state index in [9.17, 15) is 4.79 Å². The fraction of sp³-hybridized carbons (Fsp3) is 0.500. The van der Waals surface area contributed by atoms with Crippen molar-refractivity contribution in [1.82, 2.24) is 10.2 Å². The second-order valence-corrected chi connectivity index (χ2v) is 4.83. The third-order valence-electron chi connectivity index (χ3n) is 3.23. The average Bonchev–Trinajstić information content (AvgIpc) is 2.54. The number of carbonyl (C=O) groups excluding carboxylic acids is 1. The molecule has 0 saturated carbocycles. The van der Waals surface area contributed by atoms with Crippen LogP contribution in [0.25, 0.3) is 0 Å². The number of carbonyl (C=O) groups is 1. The van der Waals surface area contributed by atoms with Gasteiger partial charge in [-0.3, -0.25) is 9.69 Å². The first kappa shape index (κ1) is 12.9. The maximum Gasteiger partial charge on any atom is 0.234 e. The van der Waals surface area contributed by atoms with Crippen LogP contribution in [0, 0.1) is 0 Å². The summed E-state index contributed by atoms with van der Waals surface area (Å²) in [7, 11) is 0. The molecule has 1 fully saturated rings. The summed E-state index contributed by atoms with van der Waals surface area (Å²) in [6.07, 6.45) is 3.13. The molecule has 0 radical (unpaired) electrons. The van der Waals surface area contributed by atoms with Crippen molar-refractivity contribution in [3.8, 4) is 0 Å². The number of rotatable bonds is 4. The van der Waals surface area contributed by atoms with Gasteiger partial charge in [-0.2, -0.15) is 0 Å². The molecule has 0 unspecified atom stereocenters. The lowest BCUT2D eigenvalue weighted by Gasteiger charge is -2.18. The molecule has 0 aliphatic carbocycles. The van der Waals surface area contributed by atoms with E-state index >= 15 is 0 Å². The van der Waals surface area contributed by atoms with Gasteiger partial charge in [0.1, 0.15) is 0 Å². The summed E-state index contributed by atoms with van der Waals surface area (Å²) in [6, 6.07) is 8.02. The normalized spacial score (nSPS) is 17.2. The maximum absolute atomic E-state index is 11.4. The molecule has 2 rings (SSSR count). The standard InChI is InChI=1S/C14H21N3O/c15-13-6-1-4-12(10-13)5-2-8-17-9-3-7-16-14(18)11-17/h1,4,6,10H,2-3,5,7-9,11,15H2,(H,16,18). The molecule has 1 heterocycles. The quantitative estimate of drug-likeness (QED) is 0.781. The number of nitrogens with two attached hydrogens (primary N) is 1. The third kappa shape index (κ3) is 4.04. The van der Waals surface area contributed by atoms with Crippen molar-refractivity contribution in [3.05, 3.63) is 29.8 Å². The van der Waals surface area contributed by atoms with Crippen LogP contribution in [-0.2, 0) is 11.2 Å². The Bertz CT molecular complexity index is 406. The lowest BCUT2D eigenvalue weighted by molar-refractivity contribution is -0.121. The highest BCUT2D eigenvalue weighted by Crippen LogP contribution is 2.09. The molecule has 4 nitrogen and oxygen atoms in total. The van der Waals surface area contributed by atoms with Crippen LogP contribution >= 0.6 is 0 Å². The minimum absolute atomic E-state index is 0.149. The molecule has 1 aromatic rings. The van der Waals surface area contributed by atoms with Crippen molar-refractivity contribution < 1.29 is 4.79 Å². The van der Waals surface area contributed by atoms with Crippen LogP contribution < -0.4 is 11.1 Å². The predicted molar refractivity (Wildman–Crippen MR) is 73.2 cm³/mol. The topological polar surface area (TPSA) is 58.4 Å². The summed E-state index contributed by atoms with van der Waals surface area (Å²) >= 11 is 0. The number of hydrogen-bond acceptors (Lipinski definition) is 3. The first-order valence-corrected chi connectivity index (χ1v) is 6.57. The summed E-state index contributed by atoms with van der Waals surface area (Å²) in [5.41, 5.74) is 7.84. The molecule has 18 heavy (non-hydrogen) atoms. The van der Waals surface area contributed by atoms with Gasteiger partial charge < -0.3 is 11.1 Å². The minimum atomic E-state index is 0.149. The van der Waals surface area contributed by atoms with Gasteiger partial charge in [0.2, 0.25) is 5.91 Å². The first-order chi connectivity index (χ1) is 8.74. The highest BCUT2D eigenvalue weighted by Gasteiger charge is 2.13. The summed E-state index contributed by atoms with van der Waals surface area (Å²) in [4.78, 5) is 13.6. The summed E-state index contributed by atoms with van der Waals surface area (Å²) in [6.45, 7) is 3.33. The SMILES string of the molecule is Nc1cccc(CCCN2CCCNC(=O)C2)c1. The van der Waals surface area contributed by atoms with Crippen molar-refractivity contribution in [2.75, 3.05) is 31.9 Å². The zero-order valence-electron chi connectivity index (χ0n) is 10.7. The predicted octanol–water partition coefficient (Wildman–Crippen LogP) is 1.02. The fourth-order valence-corrected chi connectivity index (χ4v) is 2.31. The van der Waals surface area contributed by atoms with E-state index in [4.69, 9.17) is 5.73 Å². The molecule has 0 atom stereocenters. The second-order valence-electron chi connectivity index (χ2n) is 4.83. The number of amides is 1. The Morgan fingerprint density at radius 2 is 2.28 bits per heavy atom. The number of nitrogens with zero attached hydrogens (tertiary/aromatic N) is 1. The Morgan fingerprint density at radius 3 is 3.11 bits per heavy atom. The van der Waals surface area contributed by atoms with Crippen molar-refractivity contribution in [1.29, 1.82) is 0 Å². The summed E-state index contributed by atoms with van der Waals surface area (Å²) in [5, 5.41) is 2.89. The van der Waals surface area contributed by atoms with E-state index in [-0.39, 0.29) is 5.91 Å². The molecule has 0 spiro atoms. The van der Waals surface area contributed by atoms with E-state index in [0.717, 1.165) is 44.6 Å². The van der Waals surface area contributed by atoms with Gasteiger partial charge in [0.25, 0.3) is 0 Å². The van der Waals surface area contributed by atoms with Crippen LogP contribution in [0.2, 0.25) is 0 Å². The van der Waals surface area contributed by atoms with Crippen LogP contribution in [0.1, 0.15) is 18.4 Å². The van der Waals surface area contributed by atoms with E-state index in [1.165, 1.54) is 5.56 Å². The van der Waals surface area contributed by atoms with E-state index < -0.39 is 0 Å². The monoisotopic (exact) mass is 247 g/mol. The number of aryl methyl sites for hydroxylation is 1. The van der Waals surface area contributed by atoms with Gasteiger partial charge in [-0.1, -0.05) is 12.1 Å². The second kappa shape index (κ2) is 6.40. The Hall–Kier alpha value is -1.55. The van der Waals surface area contributed by atoms with Crippen LogP contribution in [0.5, 0.6) is 0 Å². The Labute approximate surface area is 108 Å². The largest absolute Gasteiger partial charge is 0.399 e. The molecule has 3 N–H and O–H groups in total. The molecule has 4 heteroatoms. The average molecular weight is 247 g/mol. The zero-order chi connectivity index (χ0) is 12.8. The molecule has 0 aromatic heterocycles. The zero-order valence-corrected chi connectivity index (χ0v) is 10.7. The summed E-state index contributed by atoms with van der Waals surface area (Å²) < 4.78 is 0. The number of nitrogens with one attached hydrogen (secondary N) is 1. The van der Waals surface area contributed by atoms with Gasteiger partial charge >= 0.3 is 0 Å². The molecule has 1 amide bonds. The fourth-order valence-electron chi connectivity index (χ4n) is 2.31. The van der Waals surface area contributed by atoms with Crippen LogP contribution in [0.4, 0.5) is 5.69 Å². The smallest absolute Gasteiger partial charge is 0.234 e. The number of anilines is 1. The van der Waals surface area contributed by atoms with Crippen molar-refractivity contribution in [2.24, 2.45) is 0 Å². The van der Waals surface area contributed by atoms with Crippen molar-refractivity contribution in [3.63, 3.8) is 0 Å². The van der Waals surface area contributed by atoms with Crippen molar-refractivity contribution in [2.45, 2.75) is 19.3 Å². The number of benzene rings is 1. The Kier molecular flexibility index (Phi) is 4.59. The van der Waals surface area contributed by atoms with Crippen molar-refractivity contribution >= 4 is 11.6 Å². The van der Waals surface area contributed by atoms with E-state index in [1.54, 1.807) is 0 Å². The number of nitrogen functional groups attached to an aromatic ring is 1. The molecule has 1 aliphatic heterocycles. The van der Waals surface area contributed by atoms with Gasteiger partial charge in [0.05, 0.1) is 6.54 Å². The molecule has 1 aromatic carbocycles. The lowest BCUT2D eigenvalue weighted by atomic mass is 10.1. The van der Waals surface area contributed by atoms with Gasteiger partial charge in [-0.05, 0) is 43.5 Å². The highest BCUT2D eigenvalue weighted by molar-refractivity contribution is 5.78. The van der Waals surface area contributed by atoms with Crippen LogP contribution in [-0.4, -0.2) is 37.0 Å². The first-order valence-electron chi connectivity index (χ1n) is 6.57. The molecule has 1 saturated heterocycles. The maximum atomic E-state index is 11.4. The molecular weight excluding hydrogens is 226 g/mol. The Balaban J connectivity index is 1.76. The number of hydrogen-bond donors (Lipinski definition) is 2. The summed E-state index contributed by atoms with van der Waals surface area (Å²) in [5.74, 6) is 0.149. The minimum Gasteiger partial charge on any atom is -0.399 e.